The van der Waals surface area contributed by atoms with Gasteiger partial charge in [0.25, 0.3) is 5.91 Å². The van der Waals surface area contributed by atoms with Crippen LogP contribution < -0.4 is 11.1 Å². The van der Waals surface area contributed by atoms with Gasteiger partial charge in [0.2, 0.25) is 5.91 Å². The van der Waals surface area contributed by atoms with Crippen LogP contribution in [-0.2, 0) is 17.6 Å². The lowest BCUT2D eigenvalue weighted by Crippen LogP contribution is -2.25. The second-order valence-corrected chi connectivity index (χ2v) is 10.8. The van der Waals surface area contributed by atoms with E-state index in [0.717, 1.165) is 35.7 Å². The van der Waals surface area contributed by atoms with Crippen LogP contribution in [0.1, 0.15) is 83.7 Å². The van der Waals surface area contributed by atoms with Gasteiger partial charge in [0.1, 0.15) is 5.00 Å². The van der Waals surface area contributed by atoms with E-state index in [1.807, 2.05) is 13.8 Å². The molecule has 1 unspecified atom stereocenters. The van der Waals surface area contributed by atoms with Gasteiger partial charge < -0.3 is 15.6 Å². The number of primary amides is 1. The number of thioether (sulfide) groups is 1. The van der Waals surface area contributed by atoms with E-state index in [0.29, 0.717) is 16.6 Å². The van der Waals surface area contributed by atoms with Crippen molar-refractivity contribution in [3.05, 3.63) is 27.4 Å². The van der Waals surface area contributed by atoms with Crippen LogP contribution >= 0.6 is 23.1 Å². The summed E-state index contributed by atoms with van der Waals surface area (Å²) in [6.45, 7) is 6.06. The molecule has 0 saturated heterocycles. The smallest absolute Gasteiger partial charge is 0.251 e. The molecule has 2 aliphatic rings. The van der Waals surface area contributed by atoms with Gasteiger partial charge in [-0.15, -0.1) is 11.3 Å². The lowest BCUT2D eigenvalue weighted by Gasteiger charge is -2.26. The molecule has 2 heterocycles. The zero-order valence-corrected chi connectivity index (χ0v) is 19.5. The molecule has 0 radical (unpaired) electrons. The Kier molecular flexibility index (Phi) is 6.25. The largest absolute Gasteiger partial charge is 0.365 e. The minimum absolute atomic E-state index is 0.115. The maximum absolute atomic E-state index is 13.0. The van der Waals surface area contributed by atoms with Gasteiger partial charge in [0.05, 0.1) is 16.5 Å². The highest BCUT2D eigenvalue weighted by atomic mass is 32.2. The van der Waals surface area contributed by atoms with Crippen molar-refractivity contribution >= 4 is 39.9 Å². The topological polar surface area (TPSA) is 90.0 Å². The van der Waals surface area contributed by atoms with Gasteiger partial charge >= 0.3 is 0 Å². The van der Waals surface area contributed by atoms with Crippen molar-refractivity contribution in [1.82, 2.24) is 9.55 Å². The molecule has 162 valence electrons. The summed E-state index contributed by atoms with van der Waals surface area (Å²) in [5, 5.41) is 4.18. The molecule has 30 heavy (non-hydrogen) atoms. The van der Waals surface area contributed by atoms with E-state index in [4.69, 9.17) is 10.7 Å². The molecule has 8 heteroatoms. The minimum Gasteiger partial charge on any atom is -0.365 e. The molecule has 2 aromatic rings. The van der Waals surface area contributed by atoms with Gasteiger partial charge in [-0.25, -0.2) is 4.98 Å². The molecule has 2 aliphatic carbocycles. The zero-order chi connectivity index (χ0) is 21.4. The molecule has 1 saturated carbocycles. The number of hydrogen-bond acceptors (Lipinski definition) is 5. The summed E-state index contributed by atoms with van der Waals surface area (Å²) >= 11 is 3.00. The van der Waals surface area contributed by atoms with Crippen molar-refractivity contribution in [1.29, 1.82) is 0 Å². The molecule has 1 fully saturated rings. The first-order chi connectivity index (χ1) is 14.4. The summed E-state index contributed by atoms with van der Waals surface area (Å²) in [6.07, 6.45) is 9.02. The summed E-state index contributed by atoms with van der Waals surface area (Å²) < 4.78 is 2.34. The standard InChI is InChI=1S/C22H30N4O2S2/c1-12-13(2)26(15-8-5-4-6-9-15)22(24-12)29-14(3)20(28)25-21-18(19(23)27)16-10-7-11-17(16)30-21/h14-15H,4-11H2,1-3H3,(H2,23,27)(H,25,28). The third-order valence-corrected chi connectivity index (χ3v) is 8.62. The SMILES string of the molecule is Cc1nc(SC(C)C(=O)Nc2sc3c(c2C(N)=O)CCC3)n(C2CCCCC2)c1C. The van der Waals surface area contributed by atoms with Gasteiger partial charge in [-0.3, -0.25) is 9.59 Å². The molecule has 4 rings (SSSR count). The first-order valence-electron chi connectivity index (χ1n) is 10.8. The highest BCUT2D eigenvalue weighted by Gasteiger charge is 2.29. The fraction of sp³-hybridized carbons (Fsp3) is 0.591. The summed E-state index contributed by atoms with van der Waals surface area (Å²) in [5.41, 5.74) is 9.39. The van der Waals surface area contributed by atoms with E-state index in [1.54, 1.807) is 0 Å². The summed E-state index contributed by atoms with van der Waals surface area (Å²) in [6, 6.07) is 0.472. The third-order valence-electron chi connectivity index (χ3n) is 6.35. The molecule has 0 bridgehead atoms. The maximum atomic E-state index is 13.0. The van der Waals surface area contributed by atoms with Gasteiger partial charge in [0, 0.05) is 16.6 Å². The van der Waals surface area contributed by atoms with E-state index < -0.39 is 5.91 Å². The number of carbonyl (C=O) groups is 2. The number of imidazole rings is 1. The number of amides is 2. The first-order valence-corrected chi connectivity index (χ1v) is 12.5. The number of thiophene rings is 1. The van der Waals surface area contributed by atoms with Crippen molar-refractivity contribution in [3.8, 4) is 0 Å². The lowest BCUT2D eigenvalue weighted by atomic mass is 9.95. The molecule has 6 nitrogen and oxygen atoms in total. The Hall–Kier alpha value is -1.80. The van der Waals surface area contributed by atoms with Crippen LogP contribution in [0.25, 0.3) is 0 Å². The molecule has 1 atom stereocenters. The number of nitrogens with one attached hydrogen (secondary N) is 1. The Morgan fingerprint density at radius 3 is 2.63 bits per heavy atom. The quantitative estimate of drug-likeness (QED) is 0.625. The second-order valence-electron chi connectivity index (χ2n) is 8.40. The molecular formula is C22H30N4O2S2. The van der Waals surface area contributed by atoms with Gasteiger partial charge in [0.15, 0.2) is 5.16 Å². The predicted octanol–water partition coefficient (Wildman–Crippen LogP) is 4.77. The van der Waals surface area contributed by atoms with Crippen molar-refractivity contribution in [2.24, 2.45) is 5.73 Å². The van der Waals surface area contributed by atoms with Crippen molar-refractivity contribution in [2.75, 3.05) is 5.32 Å². The molecular weight excluding hydrogens is 416 g/mol. The van der Waals surface area contributed by atoms with E-state index in [1.165, 1.54) is 65.8 Å². The molecule has 0 spiro atoms. The van der Waals surface area contributed by atoms with Crippen LogP contribution in [0.3, 0.4) is 0 Å². The van der Waals surface area contributed by atoms with Crippen molar-refractivity contribution in [3.63, 3.8) is 0 Å². The summed E-state index contributed by atoms with van der Waals surface area (Å²) in [4.78, 5) is 30.9. The lowest BCUT2D eigenvalue weighted by molar-refractivity contribution is -0.115. The number of fused-ring (bicyclic) bond motifs is 1. The number of anilines is 1. The number of carbonyl (C=O) groups excluding carboxylic acids is 2. The number of aryl methyl sites for hydroxylation is 2. The third kappa shape index (κ3) is 4.04. The minimum atomic E-state index is -0.455. The van der Waals surface area contributed by atoms with E-state index in [9.17, 15) is 9.59 Å². The first kappa shape index (κ1) is 21.4. The number of aromatic nitrogens is 2. The van der Waals surface area contributed by atoms with Crippen LogP contribution in [0.15, 0.2) is 5.16 Å². The predicted molar refractivity (Wildman–Crippen MR) is 123 cm³/mol. The molecule has 2 amide bonds. The van der Waals surface area contributed by atoms with E-state index in [-0.39, 0.29) is 11.2 Å². The normalized spacial score (nSPS) is 17.7. The average Bonchev–Trinajstić information content (AvgIpc) is 3.36. The van der Waals surface area contributed by atoms with Gasteiger partial charge in [-0.2, -0.15) is 0 Å². The number of nitrogens with two attached hydrogens (primary N) is 1. The van der Waals surface area contributed by atoms with Gasteiger partial charge in [-0.05, 0) is 58.4 Å². The van der Waals surface area contributed by atoms with Crippen LogP contribution in [-0.4, -0.2) is 26.6 Å². The van der Waals surface area contributed by atoms with Crippen LogP contribution in [0.5, 0.6) is 0 Å². The van der Waals surface area contributed by atoms with E-state index in [2.05, 4.69) is 16.8 Å². The summed E-state index contributed by atoms with van der Waals surface area (Å²) in [7, 11) is 0. The molecule has 0 aliphatic heterocycles. The molecule has 2 aromatic heterocycles. The Bertz CT molecular complexity index is 972. The molecule has 0 aromatic carbocycles. The number of nitrogens with zero attached hydrogens (tertiary/aromatic N) is 2. The van der Waals surface area contributed by atoms with Crippen LogP contribution in [0.4, 0.5) is 5.00 Å². The number of rotatable bonds is 6. The Balaban J connectivity index is 1.51. The fourth-order valence-electron chi connectivity index (χ4n) is 4.63. The molecule has 3 N–H and O–H groups in total. The Morgan fingerprint density at radius 2 is 1.93 bits per heavy atom. The van der Waals surface area contributed by atoms with Crippen molar-refractivity contribution in [2.45, 2.75) is 88.6 Å². The number of hydrogen-bond donors (Lipinski definition) is 2. The summed E-state index contributed by atoms with van der Waals surface area (Å²) in [5.74, 6) is -0.569. The van der Waals surface area contributed by atoms with Crippen LogP contribution in [0.2, 0.25) is 0 Å². The van der Waals surface area contributed by atoms with Crippen LogP contribution in [0, 0.1) is 13.8 Å². The monoisotopic (exact) mass is 446 g/mol. The highest BCUT2D eigenvalue weighted by molar-refractivity contribution is 8.00. The van der Waals surface area contributed by atoms with Crippen molar-refractivity contribution < 1.29 is 9.59 Å². The fourth-order valence-corrected chi connectivity index (χ4v) is 7.00. The zero-order valence-electron chi connectivity index (χ0n) is 17.9. The maximum Gasteiger partial charge on any atom is 0.251 e. The average molecular weight is 447 g/mol. The Morgan fingerprint density at radius 1 is 1.20 bits per heavy atom. The second kappa shape index (κ2) is 8.75. The highest BCUT2D eigenvalue weighted by Crippen LogP contribution is 2.40. The Labute approximate surface area is 186 Å². The van der Waals surface area contributed by atoms with E-state index >= 15 is 0 Å². The van der Waals surface area contributed by atoms with Gasteiger partial charge in [-0.1, -0.05) is 31.0 Å².